The molecule has 2 aromatic rings. The van der Waals surface area contributed by atoms with Crippen LogP contribution in [0, 0.1) is 6.92 Å². The van der Waals surface area contributed by atoms with Crippen LogP contribution in [-0.2, 0) is 13.1 Å². The van der Waals surface area contributed by atoms with Crippen LogP contribution in [0.5, 0.6) is 0 Å². The molecule has 0 atom stereocenters. The second kappa shape index (κ2) is 6.01. The number of hydrogen-bond acceptors (Lipinski definition) is 1. The lowest BCUT2D eigenvalue weighted by atomic mass is 10.2. The first kappa shape index (κ1) is 13.7. The van der Waals surface area contributed by atoms with Gasteiger partial charge in [0, 0.05) is 24.3 Å². The van der Waals surface area contributed by atoms with Crippen molar-refractivity contribution in [2.45, 2.75) is 52.6 Å². The van der Waals surface area contributed by atoms with Gasteiger partial charge in [-0.15, -0.1) is 0 Å². The Bertz CT molecular complexity index is 574. The summed E-state index contributed by atoms with van der Waals surface area (Å²) < 4.78 is 2.49. The van der Waals surface area contributed by atoms with E-state index in [1.54, 1.807) is 0 Å². The maximum absolute atomic E-state index is 2.64. The van der Waals surface area contributed by atoms with Gasteiger partial charge in [-0.1, -0.05) is 25.0 Å². The van der Waals surface area contributed by atoms with Crippen molar-refractivity contribution in [3.05, 3.63) is 35.5 Å². The minimum absolute atomic E-state index is 1.07. The van der Waals surface area contributed by atoms with E-state index >= 15 is 0 Å². The van der Waals surface area contributed by atoms with Crippen molar-refractivity contribution in [3.63, 3.8) is 0 Å². The molecule has 1 saturated heterocycles. The summed E-state index contributed by atoms with van der Waals surface area (Å²) in [5, 5.41) is 1.39. The quantitative estimate of drug-likeness (QED) is 0.805. The van der Waals surface area contributed by atoms with Crippen molar-refractivity contribution in [1.29, 1.82) is 0 Å². The average Bonchev–Trinajstić information content (AvgIpc) is 2.61. The fourth-order valence-corrected chi connectivity index (χ4v) is 3.45. The number of aromatic nitrogens is 1. The predicted molar refractivity (Wildman–Crippen MR) is 86.1 cm³/mol. The molecule has 1 aliphatic heterocycles. The molecule has 0 bridgehead atoms. The third-order valence-electron chi connectivity index (χ3n) is 4.55. The largest absolute Gasteiger partial charge is 0.344 e. The molecule has 1 aromatic heterocycles. The highest BCUT2D eigenvalue weighted by molar-refractivity contribution is 5.82. The van der Waals surface area contributed by atoms with Gasteiger partial charge >= 0.3 is 0 Å². The fourth-order valence-electron chi connectivity index (χ4n) is 3.45. The number of fused-ring (bicyclic) bond motifs is 1. The van der Waals surface area contributed by atoms with E-state index in [2.05, 4.69) is 47.6 Å². The van der Waals surface area contributed by atoms with Crippen molar-refractivity contribution >= 4 is 10.9 Å². The van der Waals surface area contributed by atoms with Crippen LogP contribution in [0.25, 0.3) is 10.9 Å². The lowest BCUT2D eigenvalue weighted by Crippen LogP contribution is -2.25. The highest BCUT2D eigenvalue weighted by Gasteiger charge is 2.13. The van der Waals surface area contributed by atoms with E-state index in [0.29, 0.717) is 0 Å². The third-order valence-corrected chi connectivity index (χ3v) is 4.55. The molecule has 0 radical (unpaired) electrons. The highest BCUT2D eigenvalue weighted by Crippen LogP contribution is 2.23. The molecule has 0 spiro atoms. The Morgan fingerprint density at radius 3 is 2.45 bits per heavy atom. The Hall–Kier alpha value is -1.28. The maximum atomic E-state index is 2.64. The number of likely N-dealkylation sites (tertiary alicyclic amines) is 1. The fraction of sp³-hybridized carbons (Fsp3) is 0.556. The van der Waals surface area contributed by atoms with E-state index in [9.17, 15) is 0 Å². The van der Waals surface area contributed by atoms with Crippen molar-refractivity contribution in [2.75, 3.05) is 13.1 Å². The normalized spacial score (nSPS) is 17.5. The first-order valence-corrected chi connectivity index (χ1v) is 8.09. The zero-order chi connectivity index (χ0) is 13.9. The zero-order valence-electron chi connectivity index (χ0n) is 12.9. The Morgan fingerprint density at radius 2 is 1.75 bits per heavy atom. The van der Waals surface area contributed by atoms with E-state index in [1.165, 1.54) is 60.9 Å². The third kappa shape index (κ3) is 2.76. The summed E-state index contributed by atoms with van der Waals surface area (Å²) in [7, 11) is 0. The van der Waals surface area contributed by atoms with Gasteiger partial charge in [-0.05, 0) is 62.9 Å². The van der Waals surface area contributed by atoms with E-state index < -0.39 is 0 Å². The zero-order valence-corrected chi connectivity index (χ0v) is 12.9. The van der Waals surface area contributed by atoms with Gasteiger partial charge in [0.15, 0.2) is 0 Å². The molecule has 1 aromatic carbocycles. The molecule has 2 nitrogen and oxygen atoms in total. The monoisotopic (exact) mass is 270 g/mol. The molecule has 0 N–H and O–H groups in total. The van der Waals surface area contributed by atoms with Gasteiger partial charge in [0.25, 0.3) is 0 Å². The first-order chi connectivity index (χ1) is 9.78. The molecule has 0 amide bonds. The van der Waals surface area contributed by atoms with Crippen molar-refractivity contribution < 1.29 is 0 Å². The number of benzene rings is 1. The van der Waals surface area contributed by atoms with Gasteiger partial charge in [0.2, 0.25) is 0 Å². The summed E-state index contributed by atoms with van der Waals surface area (Å²) >= 11 is 0. The summed E-state index contributed by atoms with van der Waals surface area (Å²) in [6.45, 7) is 9.15. The van der Waals surface area contributed by atoms with Crippen molar-refractivity contribution in [3.8, 4) is 0 Å². The minimum Gasteiger partial charge on any atom is -0.344 e. The Balaban J connectivity index is 1.90. The smallest absolute Gasteiger partial charge is 0.0485 e. The van der Waals surface area contributed by atoms with E-state index in [0.717, 1.165) is 13.1 Å². The molecule has 20 heavy (non-hydrogen) atoms. The lowest BCUT2D eigenvalue weighted by molar-refractivity contribution is 0.270. The molecular formula is C18H26N2. The Kier molecular flexibility index (Phi) is 4.11. The summed E-state index contributed by atoms with van der Waals surface area (Å²) in [4.78, 5) is 2.64. The summed E-state index contributed by atoms with van der Waals surface area (Å²) in [5.74, 6) is 0. The highest BCUT2D eigenvalue weighted by atomic mass is 15.1. The first-order valence-electron chi connectivity index (χ1n) is 8.09. The topological polar surface area (TPSA) is 8.17 Å². The van der Waals surface area contributed by atoms with E-state index in [4.69, 9.17) is 0 Å². The van der Waals surface area contributed by atoms with Crippen LogP contribution in [0.1, 0.15) is 43.9 Å². The molecule has 3 rings (SSSR count). The summed E-state index contributed by atoms with van der Waals surface area (Å²) in [6, 6.07) is 9.20. The van der Waals surface area contributed by atoms with Gasteiger partial charge in [-0.3, -0.25) is 4.90 Å². The SMILES string of the molecule is CCn1c(CN2CCCCCC2)cc2ccc(C)cc21. The molecule has 0 aliphatic carbocycles. The van der Waals surface area contributed by atoms with Crippen LogP contribution in [0.2, 0.25) is 0 Å². The van der Waals surface area contributed by atoms with Crippen molar-refractivity contribution in [1.82, 2.24) is 9.47 Å². The second-order valence-corrected chi connectivity index (χ2v) is 6.13. The molecule has 2 heteroatoms. The molecule has 1 aliphatic rings. The van der Waals surface area contributed by atoms with Gasteiger partial charge < -0.3 is 4.57 Å². The predicted octanol–water partition coefficient (Wildman–Crippen LogP) is 4.35. The molecule has 0 saturated carbocycles. The number of nitrogens with zero attached hydrogens (tertiary/aromatic N) is 2. The van der Waals surface area contributed by atoms with Gasteiger partial charge in [-0.25, -0.2) is 0 Å². The Morgan fingerprint density at radius 1 is 1.00 bits per heavy atom. The van der Waals surface area contributed by atoms with Crippen LogP contribution >= 0.6 is 0 Å². The standard InChI is InChI=1S/C18H26N2/c1-3-20-17(14-19-10-6-4-5-7-11-19)13-16-9-8-15(2)12-18(16)20/h8-9,12-13H,3-7,10-11,14H2,1-2H3. The minimum atomic E-state index is 1.07. The number of hydrogen-bond donors (Lipinski definition) is 0. The summed E-state index contributed by atoms with van der Waals surface area (Å²) in [5.41, 5.74) is 4.24. The van der Waals surface area contributed by atoms with Crippen LogP contribution < -0.4 is 0 Å². The van der Waals surface area contributed by atoms with Crippen LogP contribution in [0.3, 0.4) is 0 Å². The van der Waals surface area contributed by atoms with Crippen LogP contribution in [-0.4, -0.2) is 22.6 Å². The second-order valence-electron chi connectivity index (χ2n) is 6.13. The molecule has 2 heterocycles. The summed E-state index contributed by atoms with van der Waals surface area (Å²) in [6.07, 6.45) is 5.55. The molecular weight excluding hydrogens is 244 g/mol. The average molecular weight is 270 g/mol. The molecule has 108 valence electrons. The maximum Gasteiger partial charge on any atom is 0.0485 e. The number of aryl methyl sites for hydroxylation is 2. The van der Waals surface area contributed by atoms with Gasteiger partial charge in [0.1, 0.15) is 0 Å². The molecule has 0 unspecified atom stereocenters. The van der Waals surface area contributed by atoms with Crippen LogP contribution in [0.4, 0.5) is 0 Å². The van der Waals surface area contributed by atoms with E-state index in [-0.39, 0.29) is 0 Å². The molecule has 1 fully saturated rings. The van der Waals surface area contributed by atoms with E-state index in [1.807, 2.05) is 0 Å². The van der Waals surface area contributed by atoms with Gasteiger partial charge in [0.05, 0.1) is 0 Å². The lowest BCUT2D eigenvalue weighted by Gasteiger charge is -2.20. The van der Waals surface area contributed by atoms with Crippen LogP contribution in [0.15, 0.2) is 24.3 Å². The van der Waals surface area contributed by atoms with Crippen molar-refractivity contribution in [2.24, 2.45) is 0 Å². The number of rotatable bonds is 3. The van der Waals surface area contributed by atoms with Gasteiger partial charge in [-0.2, -0.15) is 0 Å². The Labute approximate surface area is 122 Å².